The average molecular weight is 764 g/mol. The molecule has 0 spiro atoms. The van der Waals surface area contributed by atoms with Crippen molar-refractivity contribution in [2.24, 2.45) is 17.8 Å². The molecule has 9 aromatic rings. The fourth-order valence-electron chi connectivity index (χ4n) is 11.3. The summed E-state index contributed by atoms with van der Waals surface area (Å²) in [5.41, 5.74) is 14.2. The molecule has 2 unspecified atom stereocenters. The molecule has 2 aliphatic rings. The molecule has 2 atom stereocenters. The lowest BCUT2D eigenvalue weighted by Crippen LogP contribution is -2.38. The highest BCUT2D eigenvalue weighted by atomic mass is 16.3. The number of hydrogen-bond donors (Lipinski definition) is 0. The van der Waals surface area contributed by atoms with Crippen molar-refractivity contribution in [3.8, 4) is 33.4 Å². The van der Waals surface area contributed by atoms with Crippen LogP contribution in [0.1, 0.15) is 51.5 Å². The van der Waals surface area contributed by atoms with E-state index in [4.69, 9.17) is 4.42 Å². The van der Waals surface area contributed by atoms with Gasteiger partial charge in [0, 0.05) is 16.8 Å². The summed E-state index contributed by atoms with van der Waals surface area (Å²) >= 11 is 0. The van der Waals surface area contributed by atoms with Gasteiger partial charge in [0.25, 0.3) is 0 Å². The number of furan rings is 1. The van der Waals surface area contributed by atoms with Gasteiger partial charge in [0.15, 0.2) is 0 Å². The van der Waals surface area contributed by atoms with Crippen LogP contribution in [-0.2, 0) is 5.41 Å². The monoisotopic (exact) mass is 763 g/mol. The van der Waals surface area contributed by atoms with Crippen LogP contribution in [0.3, 0.4) is 0 Å². The second-order valence-electron chi connectivity index (χ2n) is 17.8. The molecule has 1 aromatic heterocycles. The summed E-state index contributed by atoms with van der Waals surface area (Å²) in [6, 6.07) is 66.6. The molecule has 59 heavy (non-hydrogen) atoms. The van der Waals surface area contributed by atoms with Gasteiger partial charge in [-0.1, -0.05) is 153 Å². The number of para-hydroxylation sites is 1. The van der Waals surface area contributed by atoms with Gasteiger partial charge in [0.2, 0.25) is 0 Å². The van der Waals surface area contributed by atoms with E-state index in [1.807, 2.05) is 6.07 Å². The van der Waals surface area contributed by atoms with Crippen LogP contribution in [-0.4, -0.2) is 0 Å². The normalized spacial score (nSPS) is 20.3. The van der Waals surface area contributed by atoms with E-state index in [0.29, 0.717) is 0 Å². The second kappa shape index (κ2) is 14.5. The maximum Gasteiger partial charge on any atom is 0.137 e. The highest BCUT2D eigenvalue weighted by Crippen LogP contribution is 2.52. The number of hydrogen-bond acceptors (Lipinski definition) is 2. The van der Waals surface area contributed by atoms with Crippen LogP contribution in [0.4, 0.5) is 17.1 Å². The van der Waals surface area contributed by atoms with Crippen molar-refractivity contribution in [3.63, 3.8) is 0 Å². The van der Waals surface area contributed by atoms with Gasteiger partial charge in [-0.25, -0.2) is 0 Å². The Morgan fingerprint density at radius 1 is 0.475 bits per heavy atom. The molecule has 0 aliphatic heterocycles. The lowest BCUT2D eigenvalue weighted by atomic mass is 9.57. The summed E-state index contributed by atoms with van der Waals surface area (Å²) in [6.45, 7) is 4.99. The first-order chi connectivity index (χ1) is 29.0. The zero-order chi connectivity index (χ0) is 39.5. The summed E-state index contributed by atoms with van der Waals surface area (Å²) in [5.74, 6) is 2.65. The van der Waals surface area contributed by atoms with Gasteiger partial charge in [-0.15, -0.1) is 0 Å². The minimum Gasteiger partial charge on any atom is -0.456 e. The highest BCUT2D eigenvalue weighted by molar-refractivity contribution is 6.13. The van der Waals surface area contributed by atoms with Crippen molar-refractivity contribution in [1.29, 1.82) is 0 Å². The lowest BCUT2D eigenvalue weighted by molar-refractivity contribution is 0.0899. The van der Waals surface area contributed by atoms with Gasteiger partial charge in [-0.2, -0.15) is 0 Å². The van der Waals surface area contributed by atoms with Crippen molar-refractivity contribution in [2.75, 3.05) is 4.90 Å². The molecule has 288 valence electrons. The molecule has 2 nitrogen and oxygen atoms in total. The minimum atomic E-state index is 0.280. The van der Waals surface area contributed by atoms with E-state index in [1.165, 1.54) is 81.8 Å². The maximum absolute atomic E-state index is 6.42. The smallest absolute Gasteiger partial charge is 0.137 e. The van der Waals surface area contributed by atoms with Crippen molar-refractivity contribution >= 4 is 49.8 Å². The Bertz CT molecular complexity index is 2920. The Balaban J connectivity index is 0.973. The summed E-state index contributed by atoms with van der Waals surface area (Å²) in [4.78, 5) is 2.39. The summed E-state index contributed by atoms with van der Waals surface area (Å²) < 4.78 is 6.42. The third-order valence-corrected chi connectivity index (χ3v) is 13.7. The van der Waals surface area contributed by atoms with E-state index >= 15 is 0 Å². The average Bonchev–Trinajstić information content (AvgIpc) is 3.66. The van der Waals surface area contributed by atoms with E-state index in [0.717, 1.165) is 56.8 Å². The van der Waals surface area contributed by atoms with Crippen molar-refractivity contribution in [3.05, 3.63) is 188 Å². The fraction of sp³-hybridized carbons (Fsp3) is 0.193. The van der Waals surface area contributed by atoms with E-state index < -0.39 is 0 Å². The largest absolute Gasteiger partial charge is 0.456 e. The van der Waals surface area contributed by atoms with E-state index in [9.17, 15) is 0 Å². The molecule has 2 heteroatoms. The van der Waals surface area contributed by atoms with E-state index in [1.54, 1.807) is 0 Å². The number of nitrogens with zero attached hydrogens (tertiary/aromatic N) is 1. The molecule has 11 rings (SSSR count). The topological polar surface area (TPSA) is 16.4 Å². The third-order valence-electron chi connectivity index (χ3n) is 13.7. The van der Waals surface area contributed by atoms with Crippen molar-refractivity contribution < 1.29 is 4.42 Å². The molecule has 1 heterocycles. The Labute approximate surface area is 347 Å². The van der Waals surface area contributed by atoms with Gasteiger partial charge in [-0.05, 0) is 147 Å². The number of rotatable bonds is 7. The first-order valence-electron chi connectivity index (χ1n) is 21.6. The molecule has 2 fully saturated rings. The molecule has 2 bridgehead atoms. The SMILES string of the molecule is CC1CC2CC(C1)CC(C)(c1ccc(-c3ccc(N(c4ccc(-c5cccc6cccc(-c7ccccc7)c56)cc4)c4cccc5oc6ccccc6c45)cc3)cc1)C2. The van der Waals surface area contributed by atoms with Gasteiger partial charge in [-0.3, -0.25) is 0 Å². The predicted molar refractivity (Wildman–Crippen MR) is 249 cm³/mol. The number of anilines is 3. The molecule has 0 radical (unpaired) electrons. The Morgan fingerprint density at radius 2 is 1.02 bits per heavy atom. The summed E-state index contributed by atoms with van der Waals surface area (Å²) in [6.07, 6.45) is 6.91. The zero-order valence-electron chi connectivity index (χ0n) is 33.9. The van der Waals surface area contributed by atoms with Crippen LogP contribution < -0.4 is 4.90 Å². The Kier molecular flexibility index (Phi) is 8.77. The Hall–Kier alpha value is -6.38. The first kappa shape index (κ1) is 35.8. The van der Waals surface area contributed by atoms with Gasteiger partial charge in [0.05, 0.1) is 11.1 Å². The van der Waals surface area contributed by atoms with Crippen LogP contribution in [0.25, 0.3) is 66.1 Å². The van der Waals surface area contributed by atoms with Gasteiger partial charge in [0.1, 0.15) is 11.2 Å². The molecule has 0 N–H and O–H groups in total. The predicted octanol–water partition coefficient (Wildman–Crippen LogP) is 16.3. The van der Waals surface area contributed by atoms with Crippen LogP contribution in [0, 0.1) is 17.8 Å². The molecule has 2 aliphatic carbocycles. The van der Waals surface area contributed by atoms with Crippen LogP contribution in [0.2, 0.25) is 0 Å². The molecular weight excluding hydrogens is 715 g/mol. The lowest BCUT2D eigenvalue weighted by Gasteiger charge is -2.47. The summed E-state index contributed by atoms with van der Waals surface area (Å²) in [7, 11) is 0. The van der Waals surface area contributed by atoms with Crippen LogP contribution in [0.5, 0.6) is 0 Å². The highest BCUT2D eigenvalue weighted by Gasteiger charge is 2.41. The van der Waals surface area contributed by atoms with E-state index in [-0.39, 0.29) is 5.41 Å². The molecular formula is C57H49NO. The Morgan fingerprint density at radius 3 is 1.68 bits per heavy atom. The standard InChI is InChI=1S/C57H49NO/c1-38-33-39-35-40(34-38)37-57(2,36-39)46-27-21-41(22-28-46)42-23-29-47(30-24-42)58(52-18-10-20-54-56(52)51-15-6-7-19-53(51)59-54)48-31-25-44(26-32-48)50-17-9-14-45-13-8-16-49(55(45)50)43-11-4-3-5-12-43/h3-32,38-40H,33-37H2,1-2H3. The zero-order valence-corrected chi connectivity index (χ0v) is 33.9. The first-order valence-corrected chi connectivity index (χ1v) is 21.6. The fourth-order valence-corrected chi connectivity index (χ4v) is 11.3. The van der Waals surface area contributed by atoms with Crippen LogP contribution in [0.15, 0.2) is 186 Å². The molecule has 8 aromatic carbocycles. The minimum absolute atomic E-state index is 0.280. The van der Waals surface area contributed by atoms with Crippen molar-refractivity contribution in [1.82, 2.24) is 0 Å². The number of fused-ring (bicyclic) bond motifs is 6. The van der Waals surface area contributed by atoms with Gasteiger partial charge < -0.3 is 9.32 Å². The molecule has 0 amide bonds. The van der Waals surface area contributed by atoms with Crippen molar-refractivity contribution in [2.45, 2.75) is 51.4 Å². The maximum atomic E-state index is 6.42. The van der Waals surface area contributed by atoms with Crippen LogP contribution >= 0.6 is 0 Å². The third kappa shape index (κ3) is 6.43. The molecule has 0 saturated heterocycles. The quantitative estimate of drug-likeness (QED) is 0.161. The summed E-state index contributed by atoms with van der Waals surface area (Å²) in [5, 5.41) is 4.74. The second-order valence-corrected chi connectivity index (χ2v) is 17.8. The molecule has 2 saturated carbocycles. The van der Waals surface area contributed by atoms with E-state index in [2.05, 4.69) is 195 Å². The van der Waals surface area contributed by atoms with Gasteiger partial charge >= 0.3 is 0 Å². The number of benzene rings is 8.